The number of carbonyl (C=O) groups excluding carboxylic acids is 1. The molecule has 1 aliphatic carbocycles. The third-order valence-electron chi connectivity index (χ3n) is 4.00. The summed E-state index contributed by atoms with van der Waals surface area (Å²) >= 11 is 0. The van der Waals surface area contributed by atoms with E-state index in [1.54, 1.807) is 5.57 Å². The van der Waals surface area contributed by atoms with Crippen LogP contribution in [0.4, 0.5) is 0 Å². The van der Waals surface area contributed by atoms with Crippen LogP contribution >= 0.6 is 0 Å². The standard InChI is InChI=1S/C17H26O2/c1-13(9-11-16(18)19-5)8-10-15-14(2)7-6-12-17(15,3)4/h8-9,11H,6-7,10,12H2,1-5H3. The first-order chi connectivity index (χ1) is 8.86. The topological polar surface area (TPSA) is 26.3 Å². The Kier molecular flexibility index (Phi) is 5.59. The zero-order chi connectivity index (χ0) is 14.5. The Morgan fingerprint density at radius 3 is 2.63 bits per heavy atom. The minimum absolute atomic E-state index is 0.304. The second kappa shape index (κ2) is 6.74. The molecule has 19 heavy (non-hydrogen) atoms. The van der Waals surface area contributed by atoms with Crippen LogP contribution in [0.15, 0.2) is 34.9 Å². The third-order valence-corrected chi connectivity index (χ3v) is 4.00. The number of hydrogen-bond acceptors (Lipinski definition) is 2. The fraction of sp³-hybridized carbons (Fsp3) is 0.588. The van der Waals surface area contributed by atoms with Crippen LogP contribution in [-0.4, -0.2) is 13.1 Å². The lowest BCUT2D eigenvalue weighted by atomic mass is 9.71. The number of allylic oxidation sites excluding steroid dienone is 5. The van der Waals surface area contributed by atoms with Crippen molar-refractivity contribution in [2.24, 2.45) is 5.41 Å². The number of hydrogen-bond donors (Lipinski definition) is 0. The van der Waals surface area contributed by atoms with Gasteiger partial charge in [-0.15, -0.1) is 0 Å². The first kappa shape index (κ1) is 15.7. The summed E-state index contributed by atoms with van der Waals surface area (Å²) in [5.74, 6) is -0.304. The summed E-state index contributed by atoms with van der Waals surface area (Å²) in [4.78, 5) is 11.0. The Hall–Kier alpha value is -1.31. The lowest BCUT2D eigenvalue weighted by Gasteiger charge is -2.34. The first-order valence-corrected chi connectivity index (χ1v) is 6.98. The molecule has 0 heterocycles. The minimum Gasteiger partial charge on any atom is -0.466 e. The van der Waals surface area contributed by atoms with E-state index in [4.69, 9.17) is 0 Å². The Labute approximate surface area is 117 Å². The van der Waals surface area contributed by atoms with Crippen molar-refractivity contribution < 1.29 is 9.53 Å². The van der Waals surface area contributed by atoms with E-state index in [1.807, 2.05) is 13.0 Å². The molecule has 1 rings (SSSR count). The van der Waals surface area contributed by atoms with E-state index in [-0.39, 0.29) is 5.97 Å². The van der Waals surface area contributed by atoms with E-state index in [0.29, 0.717) is 5.41 Å². The highest BCUT2D eigenvalue weighted by atomic mass is 16.5. The van der Waals surface area contributed by atoms with Crippen molar-refractivity contribution in [2.45, 2.75) is 53.4 Å². The van der Waals surface area contributed by atoms with Crippen molar-refractivity contribution in [3.8, 4) is 0 Å². The van der Waals surface area contributed by atoms with Crippen LogP contribution in [-0.2, 0) is 9.53 Å². The van der Waals surface area contributed by atoms with Gasteiger partial charge in [0.2, 0.25) is 0 Å². The molecule has 1 aliphatic rings. The molecule has 0 bridgehead atoms. The predicted molar refractivity (Wildman–Crippen MR) is 79.9 cm³/mol. The van der Waals surface area contributed by atoms with Crippen LogP contribution in [0.5, 0.6) is 0 Å². The molecule has 0 aliphatic heterocycles. The molecule has 2 nitrogen and oxygen atoms in total. The first-order valence-electron chi connectivity index (χ1n) is 6.98. The summed E-state index contributed by atoms with van der Waals surface area (Å²) in [6.07, 6.45) is 10.3. The summed E-state index contributed by atoms with van der Waals surface area (Å²) in [6, 6.07) is 0. The van der Waals surface area contributed by atoms with Gasteiger partial charge in [0.15, 0.2) is 0 Å². The van der Waals surface area contributed by atoms with Crippen LogP contribution < -0.4 is 0 Å². The van der Waals surface area contributed by atoms with Gasteiger partial charge in [0.05, 0.1) is 7.11 Å². The summed E-state index contributed by atoms with van der Waals surface area (Å²) < 4.78 is 4.58. The normalized spacial score (nSPS) is 19.9. The van der Waals surface area contributed by atoms with Crippen LogP contribution in [0.3, 0.4) is 0 Å². The smallest absolute Gasteiger partial charge is 0.330 e. The average Bonchev–Trinajstić information content (AvgIpc) is 2.34. The van der Waals surface area contributed by atoms with Crippen molar-refractivity contribution in [3.63, 3.8) is 0 Å². The average molecular weight is 262 g/mol. The van der Waals surface area contributed by atoms with Crippen LogP contribution in [0.2, 0.25) is 0 Å². The second-order valence-electron chi connectivity index (χ2n) is 6.01. The van der Waals surface area contributed by atoms with Gasteiger partial charge in [0.25, 0.3) is 0 Å². The van der Waals surface area contributed by atoms with Crippen molar-refractivity contribution in [3.05, 3.63) is 34.9 Å². The van der Waals surface area contributed by atoms with Crippen LogP contribution in [0.1, 0.15) is 53.4 Å². The monoisotopic (exact) mass is 262 g/mol. The van der Waals surface area contributed by atoms with Gasteiger partial charge >= 0.3 is 5.97 Å². The lowest BCUT2D eigenvalue weighted by Crippen LogP contribution is -2.20. The zero-order valence-electron chi connectivity index (χ0n) is 12.9. The highest BCUT2D eigenvalue weighted by Crippen LogP contribution is 2.41. The van der Waals surface area contributed by atoms with Gasteiger partial charge in [-0.2, -0.15) is 0 Å². The van der Waals surface area contributed by atoms with Crippen molar-refractivity contribution in [2.75, 3.05) is 7.11 Å². The fourth-order valence-electron chi connectivity index (χ4n) is 2.72. The maximum absolute atomic E-state index is 11.0. The summed E-state index contributed by atoms with van der Waals surface area (Å²) in [5.41, 5.74) is 4.51. The maximum atomic E-state index is 11.0. The predicted octanol–water partition coefficient (Wildman–Crippen LogP) is 4.58. The number of carbonyl (C=O) groups is 1. The van der Waals surface area contributed by atoms with Crippen LogP contribution in [0.25, 0.3) is 0 Å². The molecule has 0 aromatic heterocycles. The van der Waals surface area contributed by atoms with Gasteiger partial charge in [0.1, 0.15) is 0 Å². The zero-order valence-corrected chi connectivity index (χ0v) is 12.9. The van der Waals surface area contributed by atoms with E-state index < -0.39 is 0 Å². The lowest BCUT2D eigenvalue weighted by molar-refractivity contribution is -0.134. The molecule has 0 atom stereocenters. The molecule has 0 spiro atoms. The van der Waals surface area contributed by atoms with E-state index >= 15 is 0 Å². The number of methoxy groups -OCH3 is 1. The Morgan fingerprint density at radius 2 is 2.05 bits per heavy atom. The summed E-state index contributed by atoms with van der Waals surface area (Å²) in [7, 11) is 1.39. The van der Waals surface area contributed by atoms with E-state index in [0.717, 1.165) is 12.0 Å². The molecule has 0 saturated carbocycles. The molecule has 0 aromatic carbocycles. The quantitative estimate of drug-likeness (QED) is 0.321. The molecule has 2 heteroatoms. The number of ether oxygens (including phenoxy) is 1. The molecule has 0 fully saturated rings. The Bertz CT molecular complexity index is 423. The second-order valence-corrected chi connectivity index (χ2v) is 6.01. The SMILES string of the molecule is COC(=O)C=CC(C)=CCC1=C(C)CCCC1(C)C. The molecule has 0 saturated heterocycles. The van der Waals surface area contributed by atoms with Crippen molar-refractivity contribution in [1.29, 1.82) is 0 Å². The molecule has 0 unspecified atom stereocenters. The highest BCUT2D eigenvalue weighted by molar-refractivity contribution is 5.82. The minimum atomic E-state index is -0.304. The highest BCUT2D eigenvalue weighted by Gasteiger charge is 2.27. The van der Waals surface area contributed by atoms with Gasteiger partial charge in [-0.25, -0.2) is 4.79 Å². The van der Waals surface area contributed by atoms with Gasteiger partial charge in [0, 0.05) is 6.08 Å². The van der Waals surface area contributed by atoms with E-state index in [1.165, 1.54) is 38.0 Å². The van der Waals surface area contributed by atoms with Crippen molar-refractivity contribution in [1.82, 2.24) is 0 Å². The molecule has 0 radical (unpaired) electrons. The van der Waals surface area contributed by atoms with Gasteiger partial charge < -0.3 is 4.74 Å². The van der Waals surface area contributed by atoms with Crippen molar-refractivity contribution >= 4 is 5.97 Å². The number of esters is 1. The largest absolute Gasteiger partial charge is 0.466 e. The molecular weight excluding hydrogens is 236 g/mol. The summed E-state index contributed by atoms with van der Waals surface area (Å²) in [6.45, 7) is 8.94. The summed E-state index contributed by atoms with van der Waals surface area (Å²) in [5, 5.41) is 0. The van der Waals surface area contributed by atoms with Crippen LogP contribution in [0, 0.1) is 5.41 Å². The molecule has 0 aromatic rings. The molecular formula is C17H26O2. The van der Waals surface area contributed by atoms with Gasteiger partial charge in [-0.3, -0.25) is 0 Å². The van der Waals surface area contributed by atoms with E-state index in [2.05, 4.69) is 31.6 Å². The fourth-order valence-corrected chi connectivity index (χ4v) is 2.72. The van der Waals surface area contributed by atoms with E-state index in [9.17, 15) is 4.79 Å². The molecule has 0 amide bonds. The Balaban J connectivity index is 2.74. The third kappa shape index (κ3) is 4.70. The Morgan fingerprint density at radius 1 is 1.37 bits per heavy atom. The molecule has 0 N–H and O–H groups in total. The maximum Gasteiger partial charge on any atom is 0.330 e. The van der Waals surface area contributed by atoms with Gasteiger partial charge in [-0.1, -0.05) is 42.7 Å². The number of rotatable bonds is 4. The van der Waals surface area contributed by atoms with Gasteiger partial charge in [-0.05, 0) is 44.9 Å². The molecule has 106 valence electrons.